The second-order valence-electron chi connectivity index (χ2n) is 5.43. The van der Waals surface area contributed by atoms with Gasteiger partial charge in [-0.2, -0.15) is 0 Å². The average molecular weight is 249 g/mol. The molecule has 1 aliphatic rings. The average Bonchev–Trinajstić information content (AvgIpc) is 2.37. The van der Waals surface area contributed by atoms with Crippen LogP contribution in [0.3, 0.4) is 0 Å². The number of piperidine rings is 1. The fourth-order valence-corrected chi connectivity index (χ4v) is 2.17. The van der Waals surface area contributed by atoms with Gasteiger partial charge in [-0.3, -0.25) is 4.98 Å². The highest BCUT2D eigenvalue weighted by Gasteiger charge is 2.17. The van der Waals surface area contributed by atoms with Gasteiger partial charge < -0.3 is 15.4 Å². The van der Waals surface area contributed by atoms with Crippen molar-refractivity contribution in [3.05, 3.63) is 18.5 Å². The first-order chi connectivity index (χ1) is 8.65. The van der Waals surface area contributed by atoms with Gasteiger partial charge in [0.2, 0.25) is 0 Å². The first-order valence-electron chi connectivity index (χ1n) is 6.73. The van der Waals surface area contributed by atoms with Crippen molar-refractivity contribution >= 4 is 5.69 Å². The molecule has 0 bridgehead atoms. The van der Waals surface area contributed by atoms with Crippen LogP contribution < -0.4 is 15.4 Å². The molecule has 1 atom stereocenters. The predicted molar refractivity (Wildman–Crippen MR) is 74.0 cm³/mol. The lowest BCUT2D eigenvalue weighted by Crippen LogP contribution is -2.42. The summed E-state index contributed by atoms with van der Waals surface area (Å²) in [4.78, 5) is 6.55. The monoisotopic (exact) mass is 249 g/mol. The van der Waals surface area contributed by atoms with Crippen LogP contribution in [0.1, 0.15) is 26.7 Å². The Morgan fingerprint density at radius 1 is 1.50 bits per heavy atom. The summed E-state index contributed by atoms with van der Waals surface area (Å²) in [6.45, 7) is 6.98. The fraction of sp³-hybridized carbons (Fsp3) is 0.643. The highest BCUT2D eigenvalue weighted by atomic mass is 16.5. The first-order valence-corrected chi connectivity index (χ1v) is 6.73. The highest BCUT2D eigenvalue weighted by molar-refractivity contribution is 5.48. The van der Waals surface area contributed by atoms with Gasteiger partial charge in [-0.05, 0) is 18.8 Å². The number of pyridine rings is 1. The van der Waals surface area contributed by atoms with Gasteiger partial charge in [-0.25, -0.2) is 0 Å². The van der Waals surface area contributed by atoms with Crippen LogP contribution in [-0.4, -0.2) is 30.7 Å². The minimum Gasteiger partial charge on any atom is -0.492 e. The Morgan fingerprint density at radius 2 is 2.33 bits per heavy atom. The summed E-state index contributed by atoms with van der Waals surface area (Å²) in [6.07, 6.45) is 5.93. The molecule has 1 aromatic rings. The zero-order valence-electron chi connectivity index (χ0n) is 11.3. The van der Waals surface area contributed by atoms with Gasteiger partial charge in [0, 0.05) is 25.2 Å². The van der Waals surface area contributed by atoms with Crippen molar-refractivity contribution in [3.8, 4) is 5.75 Å². The molecule has 1 aliphatic heterocycles. The van der Waals surface area contributed by atoms with Crippen LogP contribution in [0.2, 0.25) is 0 Å². The SMILES string of the molecule is CC(C)COc1cncc(N2CCCC(N)C2)c1. The molecule has 0 aromatic carbocycles. The van der Waals surface area contributed by atoms with Gasteiger partial charge in [0.25, 0.3) is 0 Å². The standard InChI is InChI=1S/C14H23N3O/c1-11(2)10-18-14-6-13(7-16-8-14)17-5-3-4-12(15)9-17/h6-8,11-12H,3-5,9-10,15H2,1-2H3. The van der Waals surface area contributed by atoms with E-state index in [-0.39, 0.29) is 6.04 Å². The minimum absolute atomic E-state index is 0.277. The Hall–Kier alpha value is -1.29. The van der Waals surface area contributed by atoms with E-state index in [1.165, 1.54) is 0 Å². The summed E-state index contributed by atoms with van der Waals surface area (Å²) >= 11 is 0. The normalized spacial score (nSPS) is 20.2. The van der Waals surface area contributed by atoms with Gasteiger partial charge >= 0.3 is 0 Å². The lowest BCUT2D eigenvalue weighted by atomic mass is 10.1. The number of aromatic nitrogens is 1. The van der Waals surface area contributed by atoms with Crippen molar-refractivity contribution in [1.82, 2.24) is 4.98 Å². The van der Waals surface area contributed by atoms with Crippen molar-refractivity contribution < 1.29 is 4.74 Å². The molecule has 0 radical (unpaired) electrons. The molecule has 2 rings (SSSR count). The zero-order valence-corrected chi connectivity index (χ0v) is 11.3. The summed E-state index contributed by atoms with van der Waals surface area (Å²) in [5, 5.41) is 0. The van der Waals surface area contributed by atoms with Crippen LogP contribution in [0.25, 0.3) is 0 Å². The quantitative estimate of drug-likeness (QED) is 0.887. The number of nitrogens with two attached hydrogens (primary N) is 1. The molecule has 18 heavy (non-hydrogen) atoms. The summed E-state index contributed by atoms with van der Waals surface area (Å²) in [6, 6.07) is 2.34. The molecule has 100 valence electrons. The van der Waals surface area contributed by atoms with E-state index in [0.29, 0.717) is 5.92 Å². The molecule has 1 aromatic heterocycles. The van der Waals surface area contributed by atoms with Gasteiger partial charge in [0.15, 0.2) is 0 Å². The molecule has 0 spiro atoms. The first kappa shape index (κ1) is 13.1. The maximum Gasteiger partial charge on any atom is 0.139 e. The highest BCUT2D eigenvalue weighted by Crippen LogP contribution is 2.22. The van der Waals surface area contributed by atoms with Crippen LogP contribution in [0, 0.1) is 5.92 Å². The van der Waals surface area contributed by atoms with E-state index in [2.05, 4.69) is 29.8 Å². The molecule has 1 unspecified atom stereocenters. The molecule has 1 fully saturated rings. The Kier molecular flexibility index (Phi) is 4.42. The molecule has 0 amide bonds. The van der Waals surface area contributed by atoms with Crippen molar-refractivity contribution in [2.24, 2.45) is 11.7 Å². The number of anilines is 1. The predicted octanol–water partition coefficient (Wildman–Crippen LogP) is 2.04. The van der Waals surface area contributed by atoms with Crippen LogP contribution in [0.15, 0.2) is 18.5 Å². The third kappa shape index (κ3) is 3.60. The van der Waals surface area contributed by atoms with E-state index >= 15 is 0 Å². The van der Waals surface area contributed by atoms with E-state index < -0.39 is 0 Å². The number of nitrogens with zero attached hydrogens (tertiary/aromatic N) is 2. The minimum atomic E-state index is 0.277. The number of rotatable bonds is 4. The van der Waals surface area contributed by atoms with Gasteiger partial charge in [0.1, 0.15) is 5.75 Å². The van der Waals surface area contributed by atoms with Gasteiger partial charge in [-0.15, -0.1) is 0 Å². The molecule has 1 saturated heterocycles. The largest absolute Gasteiger partial charge is 0.492 e. The van der Waals surface area contributed by atoms with E-state index in [9.17, 15) is 0 Å². The third-order valence-electron chi connectivity index (χ3n) is 3.11. The lowest BCUT2D eigenvalue weighted by Gasteiger charge is -2.32. The van der Waals surface area contributed by atoms with Crippen molar-refractivity contribution in [1.29, 1.82) is 0 Å². The van der Waals surface area contributed by atoms with Gasteiger partial charge in [0.05, 0.1) is 24.7 Å². The summed E-state index contributed by atoms with van der Waals surface area (Å²) in [5.74, 6) is 1.37. The molecule has 0 saturated carbocycles. The van der Waals surface area contributed by atoms with Gasteiger partial charge in [-0.1, -0.05) is 13.8 Å². The van der Waals surface area contributed by atoms with Crippen LogP contribution in [0.4, 0.5) is 5.69 Å². The molecule has 4 nitrogen and oxygen atoms in total. The molecule has 2 heterocycles. The lowest BCUT2D eigenvalue weighted by molar-refractivity contribution is 0.270. The Labute approximate surface area is 109 Å². The van der Waals surface area contributed by atoms with E-state index in [0.717, 1.165) is 44.0 Å². The van der Waals surface area contributed by atoms with E-state index in [4.69, 9.17) is 10.5 Å². The Morgan fingerprint density at radius 3 is 3.06 bits per heavy atom. The molecule has 4 heteroatoms. The van der Waals surface area contributed by atoms with Crippen molar-refractivity contribution in [2.75, 3.05) is 24.6 Å². The van der Waals surface area contributed by atoms with Crippen molar-refractivity contribution in [3.63, 3.8) is 0 Å². The molecule has 2 N–H and O–H groups in total. The summed E-state index contributed by atoms with van der Waals surface area (Å²) in [7, 11) is 0. The number of ether oxygens (including phenoxy) is 1. The van der Waals surface area contributed by atoms with Crippen molar-refractivity contribution in [2.45, 2.75) is 32.7 Å². The van der Waals surface area contributed by atoms with Crippen LogP contribution in [-0.2, 0) is 0 Å². The van der Waals surface area contributed by atoms with E-state index in [1.807, 2.05) is 6.20 Å². The smallest absolute Gasteiger partial charge is 0.139 e. The Balaban J connectivity index is 2.02. The Bertz CT molecular complexity index is 381. The number of hydrogen-bond acceptors (Lipinski definition) is 4. The third-order valence-corrected chi connectivity index (χ3v) is 3.11. The maximum absolute atomic E-state index is 6.01. The molecular weight excluding hydrogens is 226 g/mol. The van der Waals surface area contributed by atoms with Crippen LogP contribution >= 0.6 is 0 Å². The molecule has 0 aliphatic carbocycles. The second kappa shape index (κ2) is 6.05. The summed E-state index contributed by atoms with van der Waals surface area (Å²) < 4.78 is 5.71. The number of hydrogen-bond donors (Lipinski definition) is 1. The molecular formula is C14H23N3O. The van der Waals surface area contributed by atoms with E-state index in [1.54, 1.807) is 6.20 Å². The maximum atomic E-state index is 6.01. The zero-order chi connectivity index (χ0) is 13.0. The van der Waals surface area contributed by atoms with Crippen LogP contribution in [0.5, 0.6) is 5.75 Å². The summed E-state index contributed by atoms with van der Waals surface area (Å²) in [5.41, 5.74) is 7.12. The fourth-order valence-electron chi connectivity index (χ4n) is 2.17. The second-order valence-corrected chi connectivity index (χ2v) is 5.43. The topological polar surface area (TPSA) is 51.4 Å².